The van der Waals surface area contributed by atoms with E-state index < -0.39 is 0 Å². The minimum Gasteiger partial charge on any atom is -0.481 e. The van der Waals surface area contributed by atoms with Crippen molar-refractivity contribution in [3.8, 4) is 5.88 Å². The molecule has 2 aromatic heterocycles. The maximum atomic E-state index is 5.23. The zero-order chi connectivity index (χ0) is 16.2. The molecule has 3 rings (SSSR count). The van der Waals surface area contributed by atoms with Gasteiger partial charge in [-0.15, -0.1) is 0 Å². The Morgan fingerprint density at radius 3 is 2.65 bits per heavy atom. The van der Waals surface area contributed by atoms with E-state index in [1.54, 1.807) is 19.4 Å². The summed E-state index contributed by atoms with van der Waals surface area (Å²) in [6, 6.07) is 1.77. The molecule has 7 heteroatoms. The molecule has 0 aromatic carbocycles. The number of aromatic nitrogens is 3. The summed E-state index contributed by atoms with van der Waals surface area (Å²) in [5.41, 5.74) is 2.24. The second kappa shape index (κ2) is 6.95. The van der Waals surface area contributed by atoms with Gasteiger partial charge in [0.15, 0.2) is 0 Å². The minimum atomic E-state index is 0.607. The summed E-state index contributed by atoms with van der Waals surface area (Å²) in [7, 11) is 1.62. The number of rotatable bonds is 5. The van der Waals surface area contributed by atoms with Crippen LogP contribution < -0.4 is 9.64 Å². The molecule has 0 unspecified atom stereocenters. The van der Waals surface area contributed by atoms with Crippen molar-refractivity contribution in [1.82, 2.24) is 20.0 Å². The Morgan fingerprint density at radius 1 is 1.22 bits per heavy atom. The van der Waals surface area contributed by atoms with Crippen molar-refractivity contribution in [3.63, 3.8) is 0 Å². The molecular formula is C16H23N5O2. The second-order valence-corrected chi connectivity index (χ2v) is 5.78. The number of hydrogen-bond donors (Lipinski definition) is 0. The van der Waals surface area contributed by atoms with E-state index in [0.29, 0.717) is 5.88 Å². The van der Waals surface area contributed by atoms with Crippen LogP contribution in [0.5, 0.6) is 5.88 Å². The van der Waals surface area contributed by atoms with E-state index >= 15 is 0 Å². The smallest absolute Gasteiger partial charge is 0.228 e. The lowest BCUT2D eigenvalue weighted by Crippen LogP contribution is -2.47. The molecule has 0 amide bonds. The summed E-state index contributed by atoms with van der Waals surface area (Å²) in [6.45, 7) is 8.87. The van der Waals surface area contributed by atoms with Gasteiger partial charge in [0.2, 0.25) is 11.8 Å². The van der Waals surface area contributed by atoms with Crippen molar-refractivity contribution in [2.45, 2.75) is 20.3 Å². The summed E-state index contributed by atoms with van der Waals surface area (Å²) in [4.78, 5) is 13.4. The Morgan fingerprint density at radius 2 is 2.00 bits per heavy atom. The van der Waals surface area contributed by atoms with Gasteiger partial charge in [-0.3, -0.25) is 4.90 Å². The molecule has 23 heavy (non-hydrogen) atoms. The van der Waals surface area contributed by atoms with Gasteiger partial charge >= 0.3 is 0 Å². The normalized spacial score (nSPS) is 15.9. The van der Waals surface area contributed by atoms with Crippen molar-refractivity contribution >= 4 is 5.95 Å². The fourth-order valence-electron chi connectivity index (χ4n) is 2.90. The maximum Gasteiger partial charge on any atom is 0.228 e. The molecular weight excluding hydrogens is 294 g/mol. The van der Waals surface area contributed by atoms with Crippen LogP contribution in [0.25, 0.3) is 0 Å². The molecule has 0 bridgehead atoms. The second-order valence-electron chi connectivity index (χ2n) is 5.78. The van der Waals surface area contributed by atoms with Gasteiger partial charge in [0.25, 0.3) is 0 Å². The average molecular weight is 317 g/mol. The van der Waals surface area contributed by atoms with Crippen LogP contribution >= 0.6 is 0 Å². The first-order chi connectivity index (χ1) is 11.2. The first-order valence-corrected chi connectivity index (χ1v) is 7.93. The van der Waals surface area contributed by atoms with Gasteiger partial charge in [-0.1, -0.05) is 5.16 Å². The average Bonchev–Trinajstić information content (AvgIpc) is 2.92. The Labute approximate surface area is 136 Å². The number of methoxy groups -OCH3 is 1. The van der Waals surface area contributed by atoms with Crippen molar-refractivity contribution in [2.24, 2.45) is 0 Å². The highest BCUT2D eigenvalue weighted by atomic mass is 16.5. The molecule has 0 radical (unpaired) electrons. The lowest BCUT2D eigenvalue weighted by Gasteiger charge is -2.34. The molecule has 1 saturated heterocycles. The van der Waals surface area contributed by atoms with Crippen LogP contribution in [0, 0.1) is 13.8 Å². The zero-order valence-corrected chi connectivity index (χ0v) is 13.9. The van der Waals surface area contributed by atoms with Gasteiger partial charge in [-0.25, -0.2) is 4.98 Å². The van der Waals surface area contributed by atoms with E-state index in [0.717, 1.165) is 56.5 Å². The summed E-state index contributed by atoms with van der Waals surface area (Å²) in [5, 5.41) is 4.02. The van der Waals surface area contributed by atoms with Crippen LogP contribution in [0.15, 0.2) is 16.8 Å². The van der Waals surface area contributed by atoms with Gasteiger partial charge in [-0.05, 0) is 20.3 Å². The molecule has 1 aliphatic heterocycles. The lowest BCUT2D eigenvalue weighted by molar-refractivity contribution is 0.259. The Bertz CT molecular complexity index is 630. The van der Waals surface area contributed by atoms with Crippen LogP contribution in [0.3, 0.4) is 0 Å². The van der Waals surface area contributed by atoms with E-state index in [4.69, 9.17) is 9.26 Å². The standard InChI is InChI=1S/C16H23N5O2/c1-12-14(13(2)23-19-12)5-7-20-8-10-21(11-9-20)16-17-6-4-15(18-16)22-3/h4,6H,5,7-11H2,1-3H3. The van der Waals surface area contributed by atoms with E-state index in [-0.39, 0.29) is 0 Å². The van der Waals surface area contributed by atoms with Gasteiger partial charge in [-0.2, -0.15) is 4.98 Å². The Balaban J connectivity index is 1.52. The predicted octanol–water partition coefficient (Wildman–Crippen LogP) is 1.45. The highest BCUT2D eigenvalue weighted by molar-refractivity contribution is 5.32. The molecule has 1 aliphatic rings. The molecule has 2 aromatic rings. The van der Waals surface area contributed by atoms with Gasteiger partial charge in [0.05, 0.1) is 12.8 Å². The number of aryl methyl sites for hydroxylation is 2. The third-order valence-corrected chi connectivity index (χ3v) is 4.34. The number of nitrogens with zero attached hydrogens (tertiary/aromatic N) is 5. The first-order valence-electron chi connectivity index (χ1n) is 7.93. The van der Waals surface area contributed by atoms with E-state index in [1.807, 2.05) is 13.8 Å². The van der Waals surface area contributed by atoms with Gasteiger partial charge in [0.1, 0.15) is 5.76 Å². The number of hydrogen-bond acceptors (Lipinski definition) is 7. The Kier molecular flexibility index (Phi) is 4.76. The van der Waals surface area contributed by atoms with Crippen LogP contribution in [-0.4, -0.2) is 59.9 Å². The Hall–Kier alpha value is -2.15. The van der Waals surface area contributed by atoms with Crippen molar-refractivity contribution in [2.75, 3.05) is 44.7 Å². The topological polar surface area (TPSA) is 67.5 Å². The minimum absolute atomic E-state index is 0.607. The third-order valence-electron chi connectivity index (χ3n) is 4.34. The molecule has 7 nitrogen and oxygen atoms in total. The van der Waals surface area contributed by atoms with E-state index in [2.05, 4.69) is 24.9 Å². The number of anilines is 1. The fourth-order valence-corrected chi connectivity index (χ4v) is 2.90. The highest BCUT2D eigenvalue weighted by Gasteiger charge is 2.20. The van der Waals surface area contributed by atoms with Crippen LogP contribution in [0.2, 0.25) is 0 Å². The van der Waals surface area contributed by atoms with Crippen LogP contribution in [0.1, 0.15) is 17.0 Å². The third kappa shape index (κ3) is 3.61. The molecule has 0 N–H and O–H groups in total. The van der Waals surface area contributed by atoms with Crippen molar-refractivity contribution in [3.05, 3.63) is 29.3 Å². The summed E-state index contributed by atoms with van der Waals surface area (Å²) >= 11 is 0. The quantitative estimate of drug-likeness (QED) is 0.827. The van der Waals surface area contributed by atoms with E-state index in [1.165, 1.54) is 5.56 Å². The molecule has 0 spiro atoms. The summed E-state index contributed by atoms with van der Waals surface area (Å²) < 4.78 is 10.4. The monoisotopic (exact) mass is 317 g/mol. The summed E-state index contributed by atoms with van der Waals surface area (Å²) in [5.74, 6) is 2.29. The lowest BCUT2D eigenvalue weighted by atomic mass is 10.1. The SMILES string of the molecule is COc1ccnc(N2CCN(CCc3c(C)noc3C)CC2)n1. The fraction of sp³-hybridized carbons (Fsp3) is 0.562. The first kappa shape index (κ1) is 15.7. The van der Waals surface area contributed by atoms with Crippen molar-refractivity contribution < 1.29 is 9.26 Å². The van der Waals surface area contributed by atoms with Gasteiger partial charge in [0, 0.05) is 50.6 Å². The van der Waals surface area contributed by atoms with Crippen LogP contribution in [-0.2, 0) is 6.42 Å². The zero-order valence-electron chi connectivity index (χ0n) is 13.9. The van der Waals surface area contributed by atoms with E-state index in [9.17, 15) is 0 Å². The molecule has 0 saturated carbocycles. The van der Waals surface area contributed by atoms with Gasteiger partial charge < -0.3 is 14.2 Å². The maximum absolute atomic E-state index is 5.23. The molecule has 0 atom stereocenters. The predicted molar refractivity (Wildman–Crippen MR) is 86.9 cm³/mol. The van der Waals surface area contributed by atoms with Crippen molar-refractivity contribution in [1.29, 1.82) is 0 Å². The summed E-state index contributed by atoms with van der Waals surface area (Å²) in [6.07, 6.45) is 2.72. The molecule has 3 heterocycles. The molecule has 1 fully saturated rings. The number of ether oxygens (including phenoxy) is 1. The van der Waals surface area contributed by atoms with Crippen LogP contribution in [0.4, 0.5) is 5.95 Å². The molecule has 0 aliphatic carbocycles. The number of piperazine rings is 1. The highest BCUT2D eigenvalue weighted by Crippen LogP contribution is 2.16. The largest absolute Gasteiger partial charge is 0.481 e. The molecule has 124 valence electrons.